The third kappa shape index (κ3) is 3.70. The van der Waals surface area contributed by atoms with Crippen LogP contribution in [-0.4, -0.2) is 18.6 Å². The Balaban J connectivity index is 1.82. The van der Waals surface area contributed by atoms with Crippen molar-refractivity contribution in [2.24, 2.45) is 0 Å². The molecule has 0 saturated carbocycles. The molecular weight excluding hydrogens is 369 g/mol. The van der Waals surface area contributed by atoms with Crippen LogP contribution in [0.3, 0.4) is 0 Å². The summed E-state index contributed by atoms with van der Waals surface area (Å²) in [5, 5.41) is 0. The lowest BCUT2D eigenvalue weighted by Gasteiger charge is -2.36. The largest absolute Gasteiger partial charge is 0.416 e. The minimum Gasteiger partial charge on any atom is -0.361 e. The molecule has 2 nitrogen and oxygen atoms in total. The number of nitrogens with zero attached hydrogens (tertiary/aromatic N) is 2. The van der Waals surface area contributed by atoms with Gasteiger partial charge in [-0.1, -0.05) is 28.1 Å². The van der Waals surface area contributed by atoms with Gasteiger partial charge in [0.05, 0.1) is 12.2 Å². The molecule has 23 heavy (non-hydrogen) atoms. The molecule has 0 spiro atoms. The molecule has 0 atom stereocenters. The molecule has 0 bridgehead atoms. The lowest BCUT2D eigenvalue weighted by Crippen LogP contribution is -2.39. The lowest BCUT2D eigenvalue weighted by atomic mass is 10.0. The number of hydrogen-bond donors (Lipinski definition) is 0. The van der Waals surface area contributed by atoms with Crippen molar-refractivity contribution in [3.8, 4) is 0 Å². The van der Waals surface area contributed by atoms with Gasteiger partial charge >= 0.3 is 6.18 Å². The van der Waals surface area contributed by atoms with Gasteiger partial charge in [0.25, 0.3) is 0 Å². The molecule has 0 saturated heterocycles. The van der Waals surface area contributed by atoms with Crippen LogP contribution < -0.4 is 4.90 Å². The average Bonchev–Trinajstić information content (AvgIpc) is 2.48. The summed E-state index contributed by atoms with van der Waals surface area (Å²) in [6.45, 7) is 1.90. The highest BCUT2D eigenvalue weighted by Crippen LogP contribution is 2.35. The van der Waals surface area contributed by atoms with E-state index in [0.29, 0.717) is 25.3 Å². The first-order valence-corrected chi connectivity index (χ1v) is 8.00. The van der Waals surface area contributed by atoms with Gasteiger partial charge in [0, 0.05) is 30.3 Å². The van der Waals surface area contributed by atoms with Gasteiger partial charge in [-0.05, 0) is 41.5 Å². The predicted molar refractivity (Wildman–Crippen MR) is 88.1 cm³/mol. The van der Waals surface area contributed by atoms with Crippen LogP contribution in [0.4, 0.5) is 18.9 Å². The Labute approximate surface area is 141 Å². The van der Waals surface area contributed by atoms with Crippen molar-refractivity contribution < 1.29 is 13.2 Å². The van der Waals surface area contributed by atoms with E-state index in [0.717, 1.165) is 21.8 Å². The van der Waals surface area contributed by atoms with E-state index in [9.17, 15) is 13.2 Å². The Kier molecular flexibility index (Phi) is 4.38. The lowest BCUT2D eigenvalue weighted by molar-refractivity contribution is -0.137. The van der Waals surface area contributed by atoms with Gasteiger partial charge in [0.2, 0.25) is 0 Å². The van der Waals surface area contributed by atoms with Crippen LogP contribution in [-0.2, 0) is 19.3 Å². The van der Waals surface area contributed by atoms with E-state index < -0.39 is 11.7 Å². The third-order valence-electron chi connectivity index (χ3n) is 3.94. The van der Waals surface area contributed by atoms with Crippen molar-refractivity contribution in [1.82, 2.24) is 4.90 Å². The topological polar surface area (TPSA) is 6.48 Å². The summed E-state index contributed by atoms with van der Waals surface area (Å²) in [5.41, 5.74) is 2.13. The maximum absolute atomic E-state index is 12.9. The summed E-state index contributed by atoms with van der Waals surface area (Å²) in [4.78, 5) is 4.11. The zero-order valence-electron chi connectivity index (χ0n) is 12.6. The van der Waals surface area contributed by atoms with E-state index in [4.69, 9.17) is 0 Å². The zero-order valence-corrected chi connectivity index (χ0v) is 14.2. The minimum absolute atomic E-state index is 0.514. The van der Waals surface area contributed by atoms with Gasteiger partial charge in [0.15, 0.2) is 0 Å². The minimum atomic E-state index is -4.30. The first-order valence-electron chi connectivity index (χ1n) is 7.21. The summed E-state index contributed by atoms with van der Waals surface area (Å²) >= 11 is 3.40. The van der Waals surface area contributed by atoms with Crippen molar-refractivity contribution in [3.05, 3.63) is 63.6 Å². The van der Waals surface area contributed by atoms with E-state index >= 15 is 0 Å². The normalized spacial score (nSPS) is 15.6. The monoisotopic (exact) mass is 384 g/mol. The molecular formula is C17H16BrF3N2. The fourth-order valence-corrected chi connectivity index (χ4v) is 3.15. The number of hydrogen-bond acceptors (Lipinski definition) is 2. The van der Waals surface area contributed by atoms with Gasteiger partial charge in [-0.2, -0.15) is 13.2 Å². The first-order chi connectivity index (χ1) is 10.8. The van der Waals surface area contributed by atoms with Crippen molar-refractivity contribution >= 4 is 21.6 Å². The Morgan fingerprint density at radius 3 is 2.43 bits per heavy atom. The number of benzene rings is 2. The smallest absolute Gasteiger partial charge is 0.361 e. The molecule has 6 heteroatoms. The molecule has 0 unspecified atom stereocenters. The summed E-state index contributed by atoms with van der Waals surface area (Å²) in [6.07, 6.45) is -4.30. The summed E-state index contributed by atoms with van der Waals surface area (Å²) in [7, 11) is 1.90. The van der Waals surface area contributed by atoms with Gasteiger partial charge in [0.1, 0.15) is 0 Å². The molecule has 2 aromatic carbocycles. The maximum Gasteiger partial charge on any atom is 0.416 e. The average molecular weight is 385 g/mol. The van der Waals surface area contributed by atoms with Crippen molar-refractivity contribution in [1.29, 1.82) is 0 Å². The molecule has 1 aliphatic heterocycles. The number of halogens is 4. The highest BCUT2D eigenvalue weighted by molar-refractivity contribution is 9.10. The number of fused-ring (bicyclic) bond motifs is 1. The van der Waals surface area contributed by atoms with E-state index in [1.165, 1.54) is 6.07 Å². The summed E-state index contributed by atoms with van der Waals surface area (Å²) < 4.78 is 39.7. The molecule has 0 aliphatic carbocycles. The van der Waals surface area contributed by atoms with Crippen LogP contribution in [0.5, 0.6) is 0 Å². The van der Waals surface area contributed by atoms with Crippen LogP contribution >= 0.6 is 15.9 Å². The van der Waals surface area contributed by atoms with E-state index in [1.807, 2.05) is 36.2 Å². The number of anilines is 1. The van der Waals surface area contributed by atoms with Gasteiger partial charge in [-0.15, -0.1) is 0 Å². The summed E-state index contributed by atoms with van der Waals surface area (Å²) in [5.74, 6) is 0. The van der Waals surface area contributed by atoms with Crippen molar-refractivity contribution in [2.45, 2.75) is 19.3 Å². The SMILES string of the molecule is CN1CN(Cc2ccc(Br)cc2)Cc2cc(C(F)(F)F)ccc21. The number of rotatable bonds is 2. The quantitative estimate of drug-likeness (QED) is 0.727. The highest BCUT2D eigenvalue weighted by Gasteiger charge is 2.32. The molecule has 3 rings (SSSR count). The van der Waals surface area contributed by atoms with Crippen LogP contribution in [0.15, 0.2) is 46.9 Å². The second kappa shape index (κ2) is 6.17. The van der Waals surface area contributed by atoms with Crippen molar-refractivity contribution in [3.63, 3.8) is 0 Å². The Bertz CT molecular complexity index is 698. The number of alkyl halides is 3. The predicted octanol–water partition coefficient (Wildman–Crippen LogP) is 4.88. The standard InChI is InChI=1S/C17H16BrF3N2/c1-22-11-23(9-12-2-5-15(18)6-3-12)10-13-8-14(17(19,20)21)4-7-16(13)22/h2-8H,9-11H2,1H3. The van der Waals surface area contributed by atoms with Crippen LogP contribution in [0.25, 0.3) is 0 Å². The third-order valence-corrected chi connectivity index (χ3v) is 4.47. The first kappa shape index (κ1) is 16.3. The van der Waals surface area contributed by atoms with E-state index in [2.05, 4.69) is 20.8 Å². The summed E-state index contributed by atoms with van der Waals surface area (Å²) in [6, 6.07) is 12.0. The van der Waals surface area contributed by atoms with E-state index in [-0.39, 0.29) is 0 Å². The molecule has 0 amide bonds. The molecule has 122 valence electrons. The van der Waals surface area contributed by atoms with Crippen LogP contribution in [0.2, 0.25) is 0 Å². The maximum atomic E-state index is 12.9. The second-order valence-corrected chi connectivity index (χ2v) is 6.71. The molecule has 1 heterocycles. The van der Waals surface area contributed by atoms with Gasteiger partial charge < -0.3 is 4.90 Å². The molecule has 0 fully saturated rings. The molecule has 0 aromatic heterocycles. The highest BCUT2D eigenvalue weighted by atomic mass is 79.9. The van der Waals surface area contributed by atoms with Crippen LogP contribution in [0, 0.1) is 0 Å². The Morgan fingerprint density at radius 1 is 1.09 bits per heavy atom. The Hall–Kier alpha value is -1.53. The van der Waals surface area contributed by atoms with Gasteiger partial charge in [-0.3, -0.25) is 4.90 Å². The van der Waals surface area contributed by atoms with Gasteiger partial charge in [-0.25, -0.2) is 0 Å². The fraction of sp³-hybridized carbons (Fsp3) is 0.294. The molecule has 1 aliphatic rings. The Morgan fingerprint density at radius 2 is 1.78 bits per heavy atom. The van der Waals surface area contributed by atoms with E-state index in [1.54, 1.807) is 6.07 Å². The zero-order chi connectivity index (χ0) is 16.6. The molecule has 0 N–H and O–H groups in total. The fourth-order valence-electron chi connectivity index (χ4n) is 2.88. The second-order valence-electron chi connectivity index (χ2n) is 5.79. The molecule has 2 aromatic rings. The van der Waals surface area contributed by atoms with Crippen molar-refractivity contribution in [2.75, 3.05) is 18.6 Å². The molecule has 0 radical (unpaired) electrons. The van der Waals surface area contributed by atoms with Crippen LogP contribution in [0.1, 0.15) is 16.7 Å².